The quantitative estimate of drug-likeness (QED) is 0.159. The van der Waals surface area contributed by atoms with Gasteiger partial charge in [0, 0.05) is 13.1 Å². The molecule has 48 heavy (non-hydrogen) atoms. The van der Waals surface area contributed by atoms with Gasteiger partial charge in [0.05, 0.1) is 17.5 Å². The minimum absolute atomic E-state index is 0.0353. The lowest BCUT2D eigenvalue weighted by Crippen LogP contribution is -2.66. The molecular formula is C41H58N2O5. The molecule has 0 radical (unpaired) electrons. The van der Waals surface area contributed by atoms with E-state index in [2.05, 4.69) is 64.8 Å². The SMILES string of the molecule is C=C(C)[C@@H]1CC[C@]2(C(=O)NCCNCC(=O)O)CC[C@]3(C)[C@H](CCC4[C@@]5(C)CC=C(c6ccc(C(=O)O)cc6)C(C)(C)C5CC[C@]43C)[C@@H]12. The van der Waals surface area contributed by atoms with Gasteiger partial charge in [0.1, 0.15) is 0 Å². The largest absolute Gasteiger partial charge is 0.480 e. The fourth-order valence-corrected chi connectivity index (χ4v) is 13.1. The molecule has 5 aliphatic rings. The molecule has 7 heteroatoms. The van der Waals surface area contributed by atoms with E-state index in [0.29, 0.717) is 42.3 Å². The predicted molar refractivity (Wildman–Crippen MR) is 189 cm³/mol. The van der Waals surface area contributed by atoms with Crippen molar-refractivity contribution in [2.24, 2.45) is 56.7 Å². The predicted octanol–water partition coefficient (Wildman–Crippen LogP) is 7.83. The highest BCUT2D eigenvalue weighted by Crippen LogP contribution is 2.77. The molecule has 4 saturated carbocycles. The second-order valence-electron chi connectivity index (χ2n) is 17.6. The van der Waals surface area contributed by atoms with E-state index >= 15 is 0 Å². The van der Waals surface area contributed by atoms with Gasteiger partial charge < -0.3 is 20.8 Å². The number of rotatable bonds is 9. The summed E-state index contributed by atoms with van der Waals surface area (Å²) in [5.74, 6) is 0.600. The Hall–Kier alpha value is -2.93. The van der Waals surface area contributed by atoms with Crippen LogP contribution in [0.3, 0.4) is 0 Å². The third kappa shape index (κ3) is 5.12. The maximum atomic E-state index is 14.2. The number of carboxylic acids is 2. The molecule has 7 nitrogen and oxygen atoms in total. The number of hydrogen-bond donors (Lipinski definition) is 4. The fourth-order valence-electron chi connectivity index (χ4n) is 13.1. The van der Waals surface area contributed by atoms with E-state index in [0.717, 1.165) is 44.1 Å². The molecular weight excluding hydrogens is 600 g/mol. The van der Waals surface area contributed by atoms with Crippen molar-refractivity contribution in [3.05, 3.63) is 53.6 Å². The van der Waals surface area contributed by atoms with Crippen LogP contribution in [0.15, 0.2) is 42.5 Å². The van der Waals surface area contributed by atoms with Crippen molar-refractivity contribution >= 4 is 23.4 Å². The van der Waals surface area contributed by atoms with Crippen LogP contribution in [-0.2, 0) is 9.59 Å². The van der Waals surface area contributed by atoms with Gasteiger partial charge in [0.25, 0.3) is 0 Å². The number of benzene rings is 1. The van der Waals surface area contributed by atoms with Crippen LogP contribution in [0, 0.1) is 56.7 Å². The first kappa shape index (κ1) is 34.9. The first-order valence-corrected chi connectivity index (χ1v) is 18.4. The van der Waals surface area contributed by atoms with Gasteiger partial charge >= 0.3 is 11.9 Å². The summed E-state index contributed by atoms with van der Waals surface area (Å²) in [5.41, 5.74) is 4.07. The first-order chi connectivity index (χ1) is 22.5. The van der Waals surface area contributed by atoms with Gasteiger partial charge in [-0.05, 0) is 139 Å². The molecule has 0 spiro atoms. The van der Waals surface area contributed by atoms with Gasteiger partial charge in [-0.2, -0.15) is 0 Å². The van der Waals surface area contributed by atoms with Crippen LogP contribution in [0.4, 0.5) is 0 Å². The van der Waals surface area contributed by atoms with Crippen LogP contribution in [0.25, 0.3) is 5.57 Å². The number of amides is 1. The number of fused-ring (bicyclic) bond motifs is 7. The Labute approximate surface area is 287 Å². The molecule has 5 aliphatic carbocycles. The number of hydrogen-bond acceptors (Lipinski definition) is 4. The topological polar surface area (TPSA) is 116 Å². The average molecular weight is 659 g/mol. The number of allylic oxidation sites excluding steroid dienone is 3. The van der Waals surface area contributed by atoms with Crippen molar-refractivity contribution in [2.45, 2.75) is 99.3 Å². The van der Waals surface area contributed by atoms with Gasteiger partial charge in [-0.15, -0.1) is 0 Å². The Balaban J connectivity index is 1.29. The maximum absolute atomic E-state index is 14.2. The number of aliphatic carboxylic acids is 1. The zero-order chi connectivity index (χ0) is 34.9. The van der Waals surface area contributed by atoms with Crippen LogP contribution in [0.5, 0.6) is 0 Å². The van der Waals surface area contributed by atoms with Gasteiger partial charge in [-0.25, -0.2) is 4.79 Å². The summed E-state index contributed by atoms with van der Waals surface area (Å²) >= 11 is 0. The molecule has 6 rings (SSSR count). The standard InChI is InChI=1S/C41H58N2O5/c1-25(2)28-14-19-41(36(48)43-23-22-42-24-33(44)45)21-20-39(6)30(34(28)41)12-13-32-38(5)17-15-29(26-8-10-27(11-9-26)35(46)47)37(3,4)31(38)16-18-40(32,39)7/h8-11,15,28,30-32,34,42H,1,12-14,16-24H2,2-7H3,(H,43,48)(H,44,45)(H,46,47)/t28-,30+,31?,32?,34+,38-,39+,40+,41-/m0/s1. The average Bonchev–Trinajstić information content (AvgIpc) is 3.42. The van der Waals surface area contributed by atoms with Crippen LogP contribution in [0.1, 0.15) is 115 Å². The van der Waals surface area contributed by atoms with Crippen molar-refractivity contribution in [1.29, 1.82) is 0 Å². The maximum Gasteiger partial charge on any atom is 0.335 e. The molecule has 2 unspecified atom stereocenters. The molecule has 1 aromatic rings. The van der Waals surface area contributed by atoms with Crippen molar-refractivity contribution < 1.29 is 24.6 Å². The third-order valence-corrected chi connectivity index (χ3v) is 15.4. The van der Waals surface area contributed by atoms with Gasteiger partial charge in [0.2, 0.25) is 5.91 Å². The molecule has 4 fully saturated rings. The van der Waals surface area contributed by atoms with Crippen molar-refractivity contribution in [3.63, 3.8) is 0 Å². The van der Waals surface area contributed by atoms with Crippen LogP contribution in [-0.4, -0.2) is 47.7 Å². The van der Waals surface area contributed by atoms with Crippen molar-refractivity contribution in [1.82, 2.24) is 10.6 Å². The van der Waals surface area contributed by atoms with E-state index < -0.39 is 11.9 Å². The molecule has 262 valence electrons. The van der Waals surface area contributed by atoms with Crippen LogP contribution in [0.2, 0.25) is 0 Å². The lowest BCUT2D eigenvalue weighted by Gasteiger charge is -2.72. The first-order valence-electron chi connectivity index (χ1n) is 18.4. The zero-order valence-electron chi connectivity index (χ0n) is 30.1. The molecule has 0 bridgehead atoms. The van der Waals surface area contributed by atoms with Gasteiger partial charge in [-0.1, -0.05) is 65.0 Å². The van der Waals surface area contributed by atoms with Crippen LogP contribution >= 0.6 is 0 Å². The van der Waals surface area contributed by atoms with Crippen LogP contribution < -0.4 is 10.6 Å². The zero-order valence-corrected chi connectivity index (χ0v) is 30.1. The van der Waals surface area contributed by atoms with E-state index in [1.165, 1.54) is 30.4 Å². The molecule has 0 aliphatic heterocycles. The summed E-state index contributed by atoms with van der Waals surface area (Å²) < 4.78 is 0. The summed E-state index contributed by atoms with van der Waals surface area (Å²) in [6.45, 7) is 20.1. The number of nitrogens with one attached hydrogen (secondary N) is 2. The molecule has 9 atom stereocenters. The lowest BCUT2D eigenvalue weighted by atomic mass is 9.32. The summed E-state index contributed by atoms with van der Waals surface area (Å²) in [4.78, 5) is 36.7. The highest BCUT2D eigenvalue weighted by Gasteiger charge is 2.71. The summed E-state index contributed by atoms with van der Waals surface area (Å²) in [6, 6.07) is 7.47. The Kier molecular flexibility index (Phi) is 8.83. The molecule has 1 aromatic carbocycles. The summed E-state index contributed by atoms with van der Waals surface area (Å²) in [6.07, 6.45) is 12.1. The number of carboxylic acid groups (broad SMARTS) is 2. The Bertz CT molecular complexity index is 1510. The highest BCUT2D eigenvalue weighted by atomic mass is 16.4. The molecule has 0 aromatic heterocycles. The Morgan fingerprint density at radius 1 is 0.854 bits per heavy atom. The van der Waals surface area contributed by atoms with E-state index in [1.807, 2.05) is 12.1 Å². The second kappa shape index (κ2) is 12.1. The Morgan fingerprint density at radius 2 is 1.56 bits per heavy atom. The molecule has 1 amide bonds. The minimum atomic E-state index is -0.890. The van der Waals surface area contributed by atoms with E-state index in [-0.39, 0.29) is 45.4 Å². The third-order valence-electron chi connectivity index (χ3n) is 15.4. The smallest absolute Gasteiger partial charge is 0.335 e. The van der Waals surface area contributed by atoms with E-state index in [1.54, 1.807) is 12.1 Å². The van der Waals surface area contributed by atoms with E-state index in [9.17, 15) is 19.5 Å². The lowest BCUT2D eigenvalue weighted by molar-refractivity contribution is -0.225. The fraction of sp³-hybridized carbons (Fsp3) is 0.683. The highest BCUT2D eigenvalue weighted by molar-refractivity contribution is 5.88. The van der Waals surface area contributed by atoms with E-state index in [4.69, 9.17) is 5.11 Å². The normalized spacial score (nSPS) is 39.5. The number of carbonyl (C=O) groups excluding carboxylic acids is 1. The number of carbonyl (C=O) groups is 3. The van der Waals surface area contributed by atoms with Crippen molar-refractivity contribution in [3.8, 4) is 0 Å². The summed E-state index contributed by atoms with van der Waals surface area (Å²) in [7, 11) is 0. The molecule has 4 N–H and O–H groups in total. The summed E-state index contributed by atoms with van der Waals surface area (Å²) in [5, 5.41) is 24.6. The van der Waals surface area contributed by atoms with Gasteiger partial charge in [0.15, 0.2) is 0 Å². The minimum Gasteiger partial charge on any atom is -0.480 e. The molecule has 0 heterocycles. The number of aromatic carboxylic acids is 1. The monoisotopic (exact) mass is 658 g/mol. The Morgan fingerprint density at radius 3 is 2.21 bits per heavy atom. The van der Waals surface area contributed by atoms with Gasteiger partial charge in [-0.3, -0.25) is 9.59 Å². The van der Waals surface area contributed by atoms with Crippen molar-refractivity contribution in [2.75, 3.05) is 19.6 Å². The second-order valence-corrected chi connectivity index (χ2v) is 17.6. The molecule has 0 saturated heterocycles.